The molecule has 0 unspecified atom stereocenters. The predicted molar refractivity (Wildman–Crippen MR) is 91.9 cm³/mol. The molecule has 0 radical (unpaired) electrons. The smallest absolute Gasteiger partial charge is 0.224 e. The van der Waals surface area contributed by atoms with Gasteiger partial charge in [0.15, 0.2) is 0 Å². The average Bonchev–Trinajstić information content (AvgIpc) is 3.05. The number of hydrogen-bond acceptors (Lipinski definition) is 4. The van der Waals surface area contributed by atoms with Crippen molar-refractivity contribution >= 4 is 11.6 Å². The summed E-state index contributed by atoms with van der Waals surface area (Å²) in [5, 5.41) is 11.2. The quantitative estimate of drug-likeness (QED) is 0.755. The van der Waals surface area contributed by atoms with Crippen LogP contribution in [0.2, 0.25) is 0 Å². The van der Waals surface area contributed by atoms with E-state index in [9.17, 15) is 4.79 Å². The molecule has 0 aliphatic carbocycles. The molecule has 24 heavy (non-hydrogen) atoms. The second-order valence-electron chi connectivity index (χ2n) is 6.19. The normalized spacial score (nSPS) is 13.5. The molecule has 6 heteroatoms. The van der Waals surface area contributed by atoms with Gasteiger partial charge in [0, 0.05) is 18.7 Å². The van der Waals surface area contributed by atoms with Crippen molar-refractivity contribution in [3.63, 3.8) is 0 Å². The SMILES string of the molecule is CCCCCCn1cc(COc2ccc3c(c2)CCC(=O)N3)nn1. The molecular formula is C18H24N4O2. The van der Waals surface area contributed by atoms with Gasteiger partial charge in [0.25, 0.3) is 0 Å². The maximum atomic E-state index is 11.4. The Labute approximate surface area is 142 Å². The Hall–Kier alpha value is -2.37. The molecular weight excluding hydrogens is 304 g/mol. The second kappa shape index (κ2) is 7.95. The van der Waals surface area contributed by atoms with E-state index in [4.69, 9.17) is 4.74 Å². The van der Waals surface area contributed by atoms with Crippen LogP contribution in [0.5, 0.6) is 5.75 Å². The molecule has 1 aromatic carbocycles. The van der Waals surface area contributed by atoms with E-state index in [1.807, 2.05) is 29.1 Å². The largest absolute Gasteiger partial charge is 0.487 e. The van der Waals surface area contributed by atoms with Gasteiger partial charge in [-0.2, -0.15) is 0 Å². The van der Waals surface area contributed by atoms with Gasteiger partial charge in [-0.15, -0.1) is 5.10 Å². The van der Waals surface area contributed by atoms with Crippen LogP contribution in [0.1, 0.15) is 50.3 Å². The van der Waals surface area contributed by atoms with Crippen LogP contribution in [0.25, 0.3) is 0 Å². The lowest BCUT2D eigenvalue weighted by atomic mass is 10.0. The molecule has 0 spiro atoms. The van der Waals surface area contributed by atoms with Crippen molar-refractivity contribution in [3.8, 4) is 5.75 Å². The van der Waals surface area contributed by atoms with Gasteiger partial charge in [-0.25, -0.2) is 0 Å². The Bertz CT molecular complexity index is 696. The van der Waals surface area contributed by atoms with Crippen LogP contribution in [0.3, 0.4) is 0 Å². The number of benzene rings is 1. The number of rotatable bonds is 8. The molecule has 0 saturated heterocycles. The lowest BCUT2D eigenvalue weighted by Gasteiger charge is -2.17. The molecule has 2 aromatic rings. The summed E-state index contributed by atoms with van der Waals surface area (Å²) in [7, 11) is 0. The number of anilines is 1. The number of nitrogens with one attached hydrogen (secondary N) is 1. The summed E-state index contributed by atoms with van der Waals surface area (Å²) in [4.78, 5) is 11.4. The van der Waals surface area contributed by atoms with Crippen LogP contribution >= 0.6 is 0 Å². The third kappa shape index (κ3) is 4.34. The molecule has 0 bridgehead atoms. The summed E-state index contributed by atoms with van der Waals surface area (Å²) in [6.45, 7) is 3.52. The van der Waals surface area contributed by atoms with Crippen LogP contribution in [0, 0.1) is 0 Å². The summed E-state index contributed by atoms with van der Waals surface area (Å²) >= 11 is 0. The molecule has 1 aliphatic rings. The fourth-order valence-electron chi connectivity index (χ4n) is 2.82. The van der Waals surface area contributed by atoms with Gasteiger partial charge in [-0.3, -0.25) is 9.48 Å². The molecule has 2 heterocycles. The third-order valence-electron chi connectivity index (χ3n) is 4.19. The first kappa shape index (κ1) is 16.5. The number of aryl methyl sites for hydroxylation is 2. The van der Waals surface area contributed by atoms with E-state index in [1.54, 1.807) is 0 Å². The Morgan fingerprint density at radius 3 is 3.04 bits per heavy atom. The van der Waals surface area contributed by atoms with Crippen molar-refractivity contribution in [2.45, 2.75) is 58.6 Å². The summed E-state index contributed by atoms with van der Waals surface area (Å²) < 4.78 is 7.70. The first-order valence-electron chi connectivity index (χ1n) is 8.69. The molecule has 0 atom stereocenters. The molecule has 1 aliphatic heterocycles. The van der Waals surface area contributed by atoms with Gasteiger partial charge in [0.2, 0.25) is 5.91 Å². The molecule has 0 saturated carbocycles. The third-order valence-corrected chi connectivity index (χ3v) is 4.19. The van der Waals surface area contributed by atoms with Crippen LogP contribution in [-0.2, 0) is 24.4 Å². The number of ether oxygens (including phenoxy) is 1. The Balaban J connectivity index is 1.51. The Morgan fingerprint density at radius 1 is 1.25 bits per heavy atom. The zero-order valence-electron chi connectivity index (χ0n) is 14.1. The van der Waals surface area contributed by atoms with Crippen LogP contribution in [0.15, 0.2) is 24.4 Å². The van der Waals surface area contributed by atoms with Gasteiger partial charge in [-0.05, 0) is 36.6 Å². The standard InChI is InChI=1S/C18H24N4O2/c1-2-3-4-5-10-22-12-15(20-21-22)13-24-16-7-8-17-14(11-16)6-9-18(23)19-17/h7-8,11-12H,2-6,9-10,13H2,1H3,(H,19,23). The average molecular weight is 328 g/mol. The summed E-state index contributed by atoms with van der Waals surface area (Å²) in [5.74, 6) is 0.870. The summed E-state index contributed by atoms with van der Waals surface area (Å²) in [5.41, 5.74) is 2.83. The topological polar surface area (TPSA) is 69.0 Å². The summed E-state index contributed by atoms with van der Waals surface area (Å²) in [6.07, 6.45) is 8.10. The number of nitrogens with zero attached hydrogens (tertiary/aromatic N) is 3. The van der Waals surface area contributed by atoms with Crippen LogP contribution < -0.4 is 10.1 Å². The highest BCUT2D eigenvalue weighted by atomic mass is 16.5. The molecule has 128 valence electrons. The van der Waals surface area contributed by atoms with Crippen molar-refractivity contribution in [1.82, 2.24) is 15.0 Å². The zero-order valence-corrected chi connectivity index (χ0v) is 14.1. The highest BCUT2D eigenvalue weighted by molar-refractivity contribution is 5.93. The maximum absolute atomic E-state index is 11.4. The van der Waals surface area contributed by atoms with E-state index in [2.05, 4.69) is 22.6 Å². The molecule has 3 rings (SSSR count). The predicted octanol–water partition coefficient (Wildman–Crippen LogP) is 3.32. The van der Waals surface area contributed by atoms with E-state index >= 15 is 0 Å². The van der Waals surface area contributed by atoms with E-state index < -0.39 is 0 Å². The number of carbonyl (C=O) groups is 1. The maximum Gasteiger partial charge on any atom is 0.224 e. The number of carbonyl (C=O) groups excluding carboxylic acids is 1. The number of aromatic nitrogens is 3. The Morgan fingerprint density at radius 2 is 2.17 bits per heavy atom. The number of amides is 1. The highest BCUT2D eigenvalue weighted by Crippen LogP contribution is 2.27. The van der Waals surface area contributed by atoms with E-state index in [1.165, 1.54) is 19.3 Å². The number of hydrogen-bond donors (Lipinski definition) is 1. The van der Waals surface area contributed by atoms with Crippen LogP contribution in [0.4, 0.5) is 5.69 Å². The summed E-state index contributed by atoms with van der Waals surface area (Å²) in [6, 6.07) is 5.76. The van der Waals surface area contributed by atoms with Gasteiger partial charge in [0.05, 0.1) is 6.20 Å². The minimum Gasteiger partial charge on any atom is -0.487 e. The zero-order chi connectivity index (χ0) is 16.8. The lowest BCUT2D eigenvalue weighted by molar-refractivity contribution is -0.116. The highest BCUT2D eigenvalue weighted by Gasteiger charge is 2.15. The van der Waals surface area contributed by atoms with Gasteiger partial charge in [0.1, 0.15) is 18.1 Å². The minimum atomic E-state index is 0.0757. The molecule has 1 amide bonds. The first-order chi connectivity index (χ1) is 11.7. The number of fused-ring (bicyclic) bond motifs is 1. The van der Waals surface area contributed by atoms with Crippen molar-refractivity contribution in [3.05, 3.63) is 35.7 Å². The van der Waals surface area contributed by atoms with Crippen LogP contribution in [-0.4, -0.2) is 20.9 Å². The van der Waals surface area contributed by atoms with Crippen molar-refractivity contribution in [1.29, 1.82) is 0 Å². The van der Waals surface area contributed by atoms with E-state index in [0.29, 0.717) is 13.0 Å². The Kier molecular flexibility index (Phi) is 5.46. The fourth-order valence-corrected chi connectivity index (χ4v) is 2.82. The molecule has 0 fully saturated rings. The van der Waals surface area contributed by atoms with E-state index in [0.717, 1.165) is 42.1 Å². The van der Waals surface area contributed by atoms with Crippen molar-refractivity contribution in [2.75, 3.05) is 5.32 Å². The van der Waals surface area contributed by atoms with Crippen molar-refractivity contribution < 1.29 is 9.53 Å². The van der Waals surface area contributed by atoms with Gasteiger partial charge in [-0.1, -0.05) is 31.4 Å². The van der Waals surface area contributed by atoms with E-state index in [-0.39, 0.29) is 5.91 Å². The van der Waals surface area contributed by atoms with Gasteiger partial charge < -0.3 is 10.1 Å². The second-order valence-corrected chi connectivity index (χ2v) is 6.19. The van der Waals surface area contributed by atoms with Gasteiger partial charge >= 0.3 is 0 Å². The molecule has 1 aromatic heterocycles. The van der Waals surface area contributed by atoms with Crippen molar-refractivity contribution in [2.24, 2.45) is 0 Å². The first-order valence-corrected chi connectivity index (χ1v) is 8.69. The lowest BCUT2D eigenvalue weighted by Crippen LogP contribution is -2.18. The minimum absolute atomic E-state index is 0.0757. The number of unbranched alkanes of at least 4 members (excludes halogenated alkanes) is 3. The molecule has 6 nitrogen and oxygen atoms in total. The molecule has 1 N–H and O–H groups in total. The monoisotopic (exact) mass is 328 g/mol. The fraction of sp³-hybridized carbons (Fsp3) is 0.500.